The number of anilines is 2. The summed E-state index contributed by atoms with van der Waals surface area (Å²) in [6.45, 7) is 3.79. The number of para-hydroxylation sites is 1. The van der Waals surface area contributed by atoms with Crippen LogP contribution in [0, 0.1) is 24.2 Å². The van der Waals surface area contributed by atoms with Crippen molar-refractivity contribution in [1.29, 1.82) is 0 Å². The first kappa shape index (κ1) is 35.7. The second-order valence-electron chi connectivity index (χ2n) is 16.9. The van der Waals surface area contributed by atoms with Crippen LogP contribution in [0.25, 0.3) is 21.3 Å². The van der Waals surface area contributed by atoms with Gasteiger partial charge in [0.25, 0.3) is 11.8 Å². The van der Waals surface area contributed by atoms with Gasteiger partial charge in [-0.25, -0.2) is 23.1 Å². The maximum atomic E-state index is 14.0. The van der Waals surface area contributed by atoms with Crippen LogP contribution < -0.4 is 14.9 Å². The number of aromatic nitrogens is 4. The molecule has 0 radical (unpaired) electrons. The Morgan fingerprint density at radius 2 is 1.77 bits per heavy atom. The first-order valence-corrected chi connectivity index (χ1v) is 22.0. The summed E-state index contributed by atoms with van der Waals surface area (Å²) in [5, 5.41) is 7.85. The summed E-state index contributed by atoms with van der Waals surface area (Å²) in [5.74, 6) is 0.890. The second-order valence-corrected chi connectivity index (χ2v) is 19.9. The number of nitrogens with zero attached hydrogens (tertiary/aromatic N) is 5. The van der Waals surface area contributed by atoms with Crippen molar-refractivity contribution in [2.75, 3.05) is 23.9 Å². The van der Waals surface area contributed by atoms with Gasteiger partial charge in [-0.3, -0.25) is 19.6 Å². The number of amides is 2. The molecule has 4 bridgehead atoms. The lowest BCUT2D eigenvalue weighted by Crippen LogP contribution is -2.57. The minimum atomic E-state index is -3.84. The molecule has 2 unspecified atom stereocenters. The molecule has 5 aliphatic carbocycles. The molecule has 5 saturated carbocycles. The Bertz CT molecular complexity index is 2480. The van der Waals surface area contributed by atoms with E-state index in [9.17, 15) is 18.0 Å². The van der Waals surface area contributed by atoms with Crippen LogP contribution in [0.15, 0.2) is 60.8 Å². The normalized spacial score (nSPS) is 25.4. The zero-order chi connectivity index (χ0) is 38.4. The lowest BCUT2D eigenvalue weighted by atomic mass is 9.48. The molecule has 6 aliphatic rings. The topological polar surface area (TPSA) is 148 Å². The van der Waals surface area contributed by atoms with E-state index in [0.29, 0.717) is 66.3 Å². The number of nitrogens with one attached hydrogen (secondary N) is 2. The number of hydrogen-bond acceptors (Lipinski definition) is 10. The molecule has 0 saturated heterocycles. The molecular formula is C42H45N7O5S2. The Hall–Kier alpha value is -4.66. The van der Waals surface area contributed by atoms with E-state index in [-0.39, 0.29) is 22.6 Å². The fourth-order valence-corrected chi connectivity index (χ4v) is 12.8. The fraction of sp³-hybridized carbons (Fsp3) is 0.452. The van der Waals surface area contributed by atoms with Gasteiger partial charge in [-0.1, -0.05) is 35.6 Å². The number of hydrogen-bond donors (Lipinski definition) is 2. The van der Waals surface area contributed by atoms with Crippen LogP contribution >= 0.6 is 11.3 Å². The average molecular weight is 792 g/mol. The summed E-state index contributed by atoms with van der Waals surface area (Å²) in [4.78, 5) is 39.3. The Kier molecular flexibility index (Phi) is 8.43. The fourth-order valence-electron chi connectivity index (χ4n) is 10.7. The lowest BCUT2D eigenvalue weighted by molar-refractivity contribution is -0.184. The molecule has 12 nitrogen and oxygen atoms in total. The number of rotatable bonds is 10. The molecule has 2 atom stereocenters. The number of pyridine rings is 1. The Labute approximate surface area is 330 Å². The van der Waals surface area contributed by atoms with Gasteiger partial charge in [-0.05, 0) is 123 Å². The molecule has 14 heteroatoms. The molecule has 4 heterocycles. The molecular weight excluding hydrogens is 747 g/mol. The quantitative estimate of drug-likeness (QED) is 0.154. The van der Waals surface area contributed by atoms with Crippen molar-refractivity contribution < 1.29 is 22.7 Å². The summed E-state index contributed by atoms with van der Waals surface area (Å²) < 4.78 is 37.7. The molecule has 0 spiro atoms. The number of fused-ring (bicyclic) bond motifs is 2. The van der Waals surface area contributed by atoms with Gasteiger partial charge in [-0.2, -0.15) is 5.10 Å². The summed E-state index contributed by atoms with van der Waals surface area (Å²) >= 11 is 1.43. The number of methoxy groups -OCH3 is 1. The summed E-state index contributed by atoms with van der Waals surface area (Å²) in [5.41, 5.74) is 5.64. The van der Waals surface area contributed by atoms with Gasteiger partial charge in [0.15, 0.2) is 5.13 Å². The monoisotopic (exact) mass is 791 g/mol. The SMILES string of the molecule is COC12CC3CC(CC(Cn4ncc(-c5ccc(N6CCc7cccc(C(=O)Nc8nc9ccccc9s8)c7C6)nc5C(=O)NS(=O)(=O)C5CC5)c4C)(C3)C1)C2. The van der Waals surface area contributed by atoms with E-state index in [0.717, 1.165) is 58.4 Å². The number of sulfonamides is 1. The number of benzene rings is 2. The third-order valence-corrected chi connectivity index (χ3v) is 15.9. The largest absolute Gasteiger partial charge is 0.378 e. The minimum absolute atomic E-state index is 0.0372. The van der Waals surface area contributed by atoms with Gasteiger partial charge >= 0.3 is 0 Å². The minimum Gasteiger partial charge on any atom is -0.378 e. The van der Waals surface area contributed by atoms with Gasteiger partial charge in [0.1, 0.15) is 11.5 Å². The highest BCUT2D eigenvalue weighted by atomic mass is 32.2. The van der Waals surface area contributed by atoms with Crippen LogP contribution in [-0.2, 0) is 34.3 Å². The number of carbonyl (C=O) groups excluding carboxylic acids is 2. The zero-order valence-electron chi connectivity index (χ0n) is 31.6. The van der Waals surface area contributed by atoms with Crippen LogP contribution in [0.3, 0.4) is 0 Å². The first-order chi connectivity index (χ1) is 27.0. The third-order valence-electron chi connectivity index (χ3n) is 13.1. The van der Waals surface area contributed by atoms with Gasteiger partial charge in [0.05, 0.1) is 27.3 Å². The van der Waals surface area contributed by atoms with Crippen LogP contribution in [0.5, 0.6) is 0 Å². The van der Waals surface area contributed by atoms with Crippen molar-refractivity contribution in [2.24, 2.45) is 17.3 Å². The van der Waals surface area contributed by atoms with E-state index >= 15 is 0 Å². The van der Waals surface area contributed by atoms with E-state index in [4.69, 9.17) is 14.8 Å². The summed E-state index contributed by atoms with van der Waals surface area (Å²) in [7, 11) is -1.97. The average Bonchev–Trinajstić information content (AvgIpc) is 3.89. The van der Waals surface area contributed by atoms with Crippen molar-refractivity contribution in [3.05, 3.63) is 88.9 Å². The number of ether oxygens (including phenoxy) is 1. The van der Waals surface area contributed by atoms with Crippen molar-refractivity contribution in [2.45, 2.75) is 88.7 Å². The maximum Gasteiger partial charge on any atom is 0.284 e. The third kappa shape index (κ3) is 6.29. The first-order valence-electron chi connectivity index (χ1n) is 19.7. The molecule has 2 aromatic carbocycles. The van der Waals surface area contributed by atoms with Crippen molar-refractivity contribution in [1.82, 2.24) is 24.5 Å². The standard InChI is InChI=1S/C42H45N7O5S2/c1-25-32(21-43-49(25)24-41-17-26-16-27(18-41)20-42(19-26,23-41)54-2)30-12-13-36(45-37(30)39(51)47-56(52,53)29-10-11-29)48-15-14-28-6-5-7-31(33(28)22-48)38(50)46-40-44-34-8-3-4-9-35(34)55-40/h3-9,12-13,21,26-27,29H,10-11,14-20,22-24H2,1-2H3,(H,47,51)(H,44,46,50). The van der Waals surface area contributed by atoms with E-state index in [1.165, 1.54) is 30.6 Å². The molecule has 2 amide bonds. The molecule has 290 valence electrons. The van der Waals surface area contributed by atoms with E-state index in [2.05, 4.69) is 19.7 Å². The highest BCUT2D eigenvalue weighted by Gasteiger charge is 2.58. The maximum absolute atomic E-state index is 14.0. The number of carbonyl (C=O) groups is 2. The molecule has 5 aromatic rings. The highest BCUT2D eigenvalue weighted by Crippen LogP contribution is 2.63. The van der Waals surface area contributed by atoms with Gasteiger partial charge in [0.2, 0.25) is 10.0 Å². The molecule has 56 heavy (non-hydrogen) atoms. The van der Waals surface area contributed by atoms with Gasteiger partial charge in [-0.15, -0.1) is 0 Å². The molecule has 11 rings (SSSR count). The molecule has 3 aromatic heterocycles. The second kappa shape index (κ2) is 13.2. The van der Waals surface area contributed by atoms with E-state index < -0.39 is 21.2 Å². The van der Waals surface area contributed by atoms with Gasteiger partial charge < -0.3 is 9.64 Å². The van der Waals surface area contributed by atoms with E-state index in [1.807, 2.05) is 73.5 Å². The Morgan fingerprint density at radius 1 is 0.964 bits per heavy atom. The zero-order valence-corrected chi connectivity index (χ0v) is 33.2. The van der Waals surface area contributed by atoms with Crippen LogP contribution in [0.1, 0.15) is 89.0 Å². The molecule has 2 N–H and O–H groups in total. The van der Waals surface area contributed by atoms with Crippen LogP contribution in [0.2, 0.25) is 0 Å². The predicted molar refractivity (Wildman–Crippen MR) is 215 cm³/mol. The van der Waals surface area contributed by atoms with Crippen LogP contribution in [0.4, 0.5) is 10.9 Å². The molecule has 5 fully saturated rings. The Balaban J connectivity index is 0.955. The van der Waals surface area contributed by atoms with Crippen molar-refractivity contribution in [3.63, 3.8) is 0 Å². The summed E-state index contributed by atoms with van der Waals surface area (Å²) in [6.07, 6.45) is 10.5. The van der Waals surface area contributed by atoms with Gasteiger partial charge in [0, 0.05) is 49.1 Å². The van der Waals surface area contributed by atoms with Crippen molar-refractivity contribution >= 4 is 54.3 Å². The molecule has 1 aliphatic heterocycles. The highest BCUT2D eigenvalue weighted by molar-refractivity contribution is 7.91. The summed E-state index contributed by atoms with van der Waals surface area (Å²) in [6, 6.07) is 17.3. The number of thiazole rings is 1. The van der Waals surface area contributed by atoms with Crippen molar-refractivity contribution in [3.8, 4) is 11.1 Å². The lowest BCUT2D eigenvalue weighted by Gasteiger charge is -2.61. The van der Waals surface area contributed by atoms with Crippen LogP contribution in [-0.4, -0.2) is 64.5 Å². The predicted octanol–water partition coefficient (Wildman–Crippen LogP) is 6.89. The smallest absolute Gasteiger partial charge is 0.284 e. The Morgan fingerprint density at radius 3 is 2.54 bits per heavy atom. The van der Waals surface area contributed by atoms with E-state index in [1.54, 1.807) is 6.20 Å².